The van der Waals surface area contributed by atoms with E-state index < -0.39 is 0 Å². The normalized spacial score (nSPS) is 12.5. The number of hydrogen-bond donors (Lipinski definition) is 1. The number of nitrogens with one attached hydrogen (secondary N) is 1. The Balaban J connectivity index is 2.26. The molecule has 0 fully saturated rings. The summed E-state index contributed by atoms with van der Waals surface area (Å²) in [6.45, 7) is 8.22. The fourth-order valence-electron chi connectivity index (χ4n) is 1.93. The minimum atomic E-state index is 0.121. The Morgan fingerprint density at radius 1 is 1.33 bits per heavy atom. The van der Waals surface area contributed by atoms with Crippen molar-refractivity contribution in [2.24, 2.45) is 0 Å². The molecule has 0 aromatic carbocycles. The second-order valence-electron chi connectivity index (χ2n) is 4.33. The third-order valence-corrected chi connectivity index (χ3v) is 4.01. The smallest absolute Gasteiger partial charge is 0.152 e. The largest absolute Gasteiger partial charge is 0.374 e. The molecule has 2 rings (SSSR count). The van der Waals surface area contributed by atoms with E-state index >= 15 is 0 Å². The van der Waals surface area contributed by atoms with Crippen LogP contribution >= 0.6 is 22.9 Å². The third-order valence-electron chi connectivity index (χ3n) is 2.82. The maximum absolute atomic E-state index is 6.11. The first-order chi connectivity index (χ1) is 8.49. The summed E-state index contributed by atoms with van der Waals surface area (Å²) in [5.41, 5.74) is 3.06. The summed E-state index contributed by atoms with van der Waals surface area (Å²) in [7, 11) is 0. The number of aromatic nitrogens is 2. The van der Waals surface area contributed by atoms with Crippen molar-refractivity contribution >= 4 is 28.6 Å². The van der Waals surface area contributed by atoms with E-state index in [-0.39, 0.29) is 6.04 Å². The molecule has 0 radical (unpaired) electrons. The van der Waals surface area contributed by atoms with E-state index in [0.717, 1.165) is 22.0 Å². The molecule has 0 spiro atoms. The van der Waals surface area contributed by atoms with Crippen molar-refractivity contribution in [3.63, 3.8) is 0 Å². The van der Waals surface area contributed by atoms with Crippen LogP contribution in [0.5, 0.6) is 0 Å². The molecule has 0 bridgehead atoms. The average molecular weight is 282 g/mol. The monoisotopic (exact) mass is 281 g/mol. The van der Waals surface area contributed by atoms with Gasteiger partial charge in [0.25, 0.3) is 0 Å². The Kier molecular flexibility index (Phi) is 3.88. The number of halogens is 1. The van der Waals surface area contributed by atoms with Gasteiger partial charge in [-0.3, -0.25) is 0 Å². The van der Waals surface area contributed by atoms with Crippen LogP contribution in [0.3, 0.4) is 0 Å². The second kappa shape index (κ2) is 5.24. The molecule has 5 heteroatoms. The van der Waals surface area contributed by atoms with Crippen LogP contribution in [0.4, 0.5) is 5.69 Å². The zero-order valence-corrected chi connectivity index (χ0v) is 12.5. The van der Waals surface area contributed by atoms with E-state index in [2.05, 4.69) is 29.1 Å². The number of rotatable bonds is 3. The number of anilines is 1. The van der Waals surface area contributed by atoms with Crippen LogP contribution in [-0.4, -0.2) is 9.97 Å². The molecule has 0 aliphatic heterocycles. The van der Waals surface area contributed by atoms with Gasteiger partial charge in [-0.05, 0) is 39.3 Å². The third kappa shape index (κ3) is 2.65. The molecule has 1 unspecified atom stereocenters. The molecule has 1 atom stereocenters. The summed E-state index contributed by atoms with van der Waals surface area (Å²) in [6.07, 6.45) is 1.71. The summed E-state index contributed by atoms with van der Waals surface area (Å²) in [4.78, 5) is 9.90. The highest BCUT2D eigenvalue weighted by molar-refractivity contribution is 7.11. The molecule has 2 aromatic rings. The molecule has 0 aliphatic carbocycles. The van der Waals surface area contributed by atoms with Crippen LogP contribution in [0.25, 0.3) is 0 Å². The molecular formula is C13H16ClN3S. The summed E-state index contributed by atoms with van der Waals surface area (Å²) in [5, 5.41) is 4.99. The lowest BCUT2D eigenvalue weighted by Gasteiger charge is -2.16. The number of nitrogens with zero attached hydrogens (tertiary/aromatic N) is 2. The molecule has 0 aliphatic rings. The van der Waals surface area contributed by atoms with Crippen molar-refractivity contribution in [1.82, 2.24) is 9.97 Å². The predicted molar refractivity (Wildman–Crippen MR) is 77.6 cm³/mol. The Bertz CT molecular complexity index is 545. The van der Waals surface area contributed by atoms with Gasteiger partial charge in [-0.2, -0.15) is 0 Å². The van der Waals surface area contributed by atoms with E-state index in [4.69, 9.17) is 11.6 Å². The van der Waals surface area contributed by atoms with Gasteiger partial charge in [0, 0.05) is 11.1 Å². The van der Waals surface area contributed by atoms with Gasteiger partial charge < -0.3 is 5.32 Å². The summed E-state index contributed by atoms with van der Waals surface area (Å²) >= 11 is 7.83. The minimum Gasteiger partial charge on any atom is -0.374 e. The summed E-state index contributed by atoms with van der Waals surface area (Å²) in [6, 6.07) is 2.07. The van der Waals surface area contributed by atoms with Crippen molar-refractivity contribution in [1.29, 1.82) is 0 Å². The number of pyridine rings is 1. The Morgan fingerprint density at radius 3 is 2.61 bits per heavy atom. The molecule has 2 aromatic heterocycles. The van der Waals surface area contributed by atoms with Gasteiger partial charge in [0.1, 0.15) is 0 Å². The van der Waals surface area contributed by atoms with E-state index in [9.17, 15) is 0 Å². The van der Waals surface area contributed by atoms with Gasteiger partial charge in [0.05, 0.1) is 22.4 Å². The Labute approximate surface area is 116 Å². The molecule has 1 N–H and O–H groups in total. The molecule has 2 heterocycles. The van der Waals surface area contributed by atoms with Crippen LogP contribution < -0.4 is 5.32 Å². The fourth-order valence-corrected chi connectivity index (χ4v) is 3.10. The minimum absolute atomic E-state index is 0.121. The maximum Gasteiger partial charge on any atom is 0.152 e. The van der Waals surface area contributed by atoms with Crippen molar-refractivity contribution in [2.75, 3.05) is 5.32 Å². The number of thiazole rings is 1. The first kappa shape index (κ1) is 13.3. The second-order valence-corrected chi connectivity index (χ2v) is 6.10. The molecule has 3 nitrogen and oxygen atoms in total. The van der Waals surface area contributed by atoms with Crippen molar-refractivity contribution in [3.8, 4) is 0 Å². The van der Waals surface area contributed by atoms with Gasteiger partial charge in [0.2, 0.25) is 0 Å². The quantitative estimate of drug-likeness (QED) is 0.853. The van der Waals surface area contributed by atoms with Crippen LogP contribution in [0.2, 0.25) is 5.15 Å². The lowest BCUT2D eigenvalue weighted by Crippen LogP contribution is -2.10. The van der Waals surface area contributed by atoms with Crippen LogP contribution in [0.1, 0.15) is 34.1 Å². The predicted octanol–water partition coefficient (Wildman–Crippen LogP) is 4.29. The average Bonchev–Trinajstić information content (AvgIpc) is 2.63. The van der Waals surface area contributed by atoms with Gasteiger partial charge in [-0.15, -0.1) is 11.3 Å². The van der Waals surface area contributed by atoms with Crippen molar-refractivity contribution in [3.05, 3.63) is 38.6 Å². The highest BCUT2D eigenvalue weighted by atomic mass is 35.5. The topological polar surface area (TPSA) is 37.8 Å². The summed E-state index contributed by atoms with van der Waals surface area (Å²) in [5.74, 6) is 0. The Morgan fingerprint density at radius 2 is 2.06 bits per heavy atom. The van der Waals surface area contributed by atoms with Crippen molar-refractivity contribution in [2.45, 2.75) is 33.7 Å². The highest BCUT2D eigenvalue weighted by Crippen LogP contribution is 2.29. The zero-order valence-electron chi connectivity index (χ0n) is 10.9. The first-order valence-electron chi connectivity index (χ1n) is 5.80. The van der Waals surface area contributed by atoms with Gasteiger partial charge >= 0.3 is 0 Å². The lowest BCUT2D eigenvalue weighted by molar-refractivity contribution is 0.834. The molecule has 0 saturated heterocycles. The highest BCUT2D eigenvalue weighted by Gasteiger charge is 2.15. The SMILES string of the molecule is Cc1nc(C(C)Nc2c(C)ccnc2Cl)c(C)s1. The number of aryl methyl sites for hydroxylation is 3. The van der Waals surface area contributed by atoms with E-state index in [1.165, 1.54) is 4.88 Å². The molecular weight excluding hydrogens is 266 g/mol. The van der Waals surface area contributed by atoms with E-state index in [1.807, 2.05) is 19.9 Å². The lowest BCUT2D eigenvalue weighted by atomic mass is 10.2. The zero-order chi connectivity index (χ0) is 13.3. The molecule has 0 amide bonds. The molecule has 18 heavy (non-hydrogen) atoms. The molecule has 96 valence electrons. The Hall–Kier alpha value is -1.13. The van der Waals surface area contributed by atoms with Crippen LogP contribution in [0, 0.1) is 20.8 Å². The maximum atomic E-state index is 6.11. The molecule has 0 saturated carbocycles. The van der Waals surface area contributed by atoms with Crippen LogP contribution in [-0.2, 0) is 0 Å². The van der Waals surface area contributed by atoms with Gasteiger partial charge in [-0.25, -0.2) is 9.97 Å². The number of hydrogen-bond acceptors (Lipinski definition) is 4. The fraction of sp³-hybridized carbons (Fsp3) is 0.385. The van der Waals surface area contributed by atoms with E-state index in [1.54, 1.807) is 17.5 Å². The van der Waals surface area contributed by atoms with Crippen molar-refractivity contribution < 1.29 is 0 Å². The van der Waals surface area contributed by atoms with Crippen LogP contribution in [0.15, 0.2) is 12.3 Å². The standard InChI is InChI=1S/C13H16ClN3S/c1-7-5-6-15-13(14)11(7)16-8(2)12-9(3)18-10(4)17-12/h5-6,8,16H,1-4H3. The van der Waals surface area contributed by atoms with Gasteiger partial charge in [0.15, 0.2) is 5.15 Å². The first-order valence-corrected chi connectivity index (χ1v) is 7.00. The van der Waals surface area contributed by atoms with Gasteiger partial charge in [-0.1, -0.05) is 11.6 Å². The summed E-state index contributed by atoms with van der Waals surface area (Å²) < 4.78 is 0. The van der Waals surface area contributed by atoms with E-state index in [0.29, 0.717) is 5.15 Å².